The molecule has 1 aliphatic heterocycles. The number of rotatable bonds is 7. The number of benzene rings is 1. The average molecular weight is 357 g/mol. The number of aromatic amines is 1. The molecule has 1 aromatic carbocycles. The van der Waals surface area contributed by atoms with Gasteiger partial charge in [-0.3, -0.25) is 4.79 Å². The van der Waals surface area contributed by atoms with Gasteiger partial charge in [-0.05, 0) is 63.7 Å². The van der Waals surface area contributed by atoms with Gasteiger partial charge in [0.15, 0.2) is 0 Å². The molecule has 2 heterocycles. The first-order valence-electron chi connectivity index (χ1n) is 9.73. The van der Waals surface area contributed by atoms with Crippen LogP contribution in [0.4, 0.5) is 0 Å². The maximum absolute atomic E-state index is 12.2. The van der Waals surface area contributed by atoms with Crippen LogP contribution in [0.15, 0.2) is 18.2 Å². The summed E-state index contributed by atoms with van der Waals surface area (Å²) in [5, 5.41) is 4.34. The molecule has 26 heavy (non-hydrogen) atoms. The Kier molecular flexibility index (Phi) is 5.99. The maximum Gasteiger partial charge on any atom is 0.221 e. The monoisotopic (exact) mass is 356 g/mol. The number of fused-ring (bicyclic) bond motifs is 1. The summed E-state index contributed by atoms with van der Waals surface area (Å²) in [5.74, 6) is 0.128. The number of hydrogen-bond donors (Lipinski definition) is 2. The van der Waals surface area contributed by atoms with Crippen LogP contribution in [0.2, 0.25) is 0 Å². The number of H-pyrrole nitrogens is 1. The van der Waals surface area contributed by atoms with Gasteiger partial charge in [-0.15, -0.1) is 0 Å². The van der Waals surface area contributed by atoms with Gasteiger partial charge in [-0.25, -0.2) is 0 Å². The summed E-state index contributed by atoms with van der Waals surface area (Å²) in [6.45, 7) is 8.00. The van der Waals surface area contributed by atoms with Crippen molar-refractivity contribution in [3.63, 3.8) is 0 Å². The van der Waals surface area contributed by atoms with Gasteiger partial charge in [0.1, 0.15) is 0 Å². The molecule has 3 rings (SSSR count). The van der Waals surface area contributed by atoms with Gasteiger partial charge in [-0.2, -0.15) is 0 Å². The van der Waals surface area contributed by atoms with Crippen molar-refractivity contribution in [3.05, 3.63) is 35.0 Å². The van der Waals surface area contributed by atoms with E-state index in [0.29, 0.717) is 19.0 Å². The van der Waals surface area contributed by atoms with Gasteiger partial charge in [0.25, 0.3) is 0 Å². The lowest BCUT2D eigenvalue weighted by Crippen LogP contribution is -2.36. The van der Waals surface area contributed by atoms with Crippen molar-refractivity contribution in [3.8, 4) is 0 Å². The highest BCUT2D eigenvalue weighted by atomic mass is 16.1. The standard InChI is InChI=1S/C21H32N4O/c1-5-19-15(2)18-12-16(6-7-20(18)23-19)13-22-21(26)9-11-25(4)17-8-10-24(3)14-17/h6-7,12,17,23H,5,8-11,13-14H2,1-4H3,(H,22,26). The Balaban J connectivity index is 1.49. The minimum absolute atomic E-state index is 0.128. The largest absolute Gasteiger partial charge is 0.358 e. The Bertz CT molecular complexity index is 767. The van der Waals surface area contributed by atoms with Crippen LogP contribution >= 0.6 is 0 Å². The molecule has 0 radical (unpaired) electrons. The second-order valence-electron chi connectivity index (χ2n) is 7.67. The molecule has 0 saturated carbocycles. The highest BCUT2D eigenvalue weighted by Gasteiger charge is 2.23. The number of aromatic nitrogens is 1. The minimum Gasteiger partial charge on any atom is -0.358 e. The predicted molar refractivity (Wildman–Crippen MR) is 107 cm³/mol. The first-order chi connectivity index (χ1) is 12.5. The number of aryl methyl sites for hydroxylation is 2. The Morgan fingerprint density at radius 1 is 1.42 bits per heavy atom. The third-order valence-corrected chi connectivity index (χ3v) is 5.75. The molecule has 1 saturated heterocycles. The van der Waals surface area contributed by atoms with E-state index in [4.69, 9.17) is 0 Å². The lowest BCUT2D eigenvalue weighted by molar-refractivity contribution is -0.121. The van der Waals surface area contributed by atoms with Crippen LogP contribution in [0.3, 0.4) is 0 Å². The third-order valence-electron chi connectivity index (χ3n) is 5.75. The second-order valence-corrected chi connectivity index (χ2v) is 7.67. The fourth-order valence-electron chi connectivity index (χ4n) is 3.91. The molecular formula is C21H32N4O. The van der Waals surface area contributed by atoms with Crippen LogP contribution in [0, 0.1) is 6.92 Å². The van der Waals surface area contributed by atoms with Crippen LogP contribution in [-0.4, -0.2) is 60.5 Å². The highest BCUT2D eigenvalue weighted by Crippen LogP contribution is 2.23. The summed E-state index contributed by atoms with van der Waals surface area (Å²) < 4.78 is 0. The number of carbonyl (C=O) groups excluding carboxylic acids is 1. The predicted octanol–water partition coefficient (Wildman–Crippen LogP) is 2.68. The molecular weight excluding hydrogens is 324 g/mol. The zero-order valence-corrected chi connectivity index (χ0v) is 16.6. The normalized spacial score (nSPS) is 18.1. The topological polar surface area (TPSA) is 51.4 Å². The van der Waals surface area contributed by atoms with Gasteiger partial charge in [-0.1, -0.05) is 13.0 Å². The molecule has 1 amide bonds. The molecule has 5 nitrogen and oxygen atoms in total. The van der Waals surface area contributed by atoms with E-state index in [2.05, 4.69) is 66.2 Å². The molecule has 5 heteroatoms. The van der Waals surface area contributed by atoms with E-state index in [9.17, 15) is 4.79 Å². The molecule has 1 fully saturated rings. The Morgan fingerprint density at radius 2 is 2.23 bits per heavy atom. The molecule has 2 N–H and O–H groups in total. The average Bonchev–Trinajstić information content (AvgIpc) is 3.21. The van der Waals surface area contributed by atoms with E-state index >= 15 is 0 Å². The smallest absolute Gasteiger partial charge is 0.221 e. The number of carbonyl (C=O) groups is 1. The molecule has 0 bridgehead atoms. The fraction of sp³-hybridized carbons (Fsp3) is 0.571. The van der Waals surface area contributed by atoms with Crippen LogP contribution < -0.4 is 5.32 Å². The van der Waals surface area contributed by atoms with Crippen molar-refractivity contribution in [2.45, 2.75) is 45.7 Å². The zero-order chi connectivity index (χ0) is 18.7. The molecule has 2 aromatic rings. The van der Waals surface area contributed by atoms with Gasteiger partial charge < -0.3 is 20.1 Å². The molecule has 1 aromatic heterocycles. The molecule has 0 spiro atoms. The number of nitrogens with zero attached hydrogens (tertiary/aromatic N) is 2. The third kappa shape index (κ3) is 4.27. The van der Waals surface area contributed by atoms with E-state index in [-0.39, 0.29) is 5.91 Å². The maximum atomic E-state index is 12.2. The first-order valence-corrected chi connectivity index (χ1v) is 9.73. The van der Waals surface area contributed by atoms with Crippen molar-refractivity contribution >= 4 is 16.8 Å². The summed E-state index contributed by atoms with van der Waals surface area (Å²) in [4.78, 5) is 20.4. The number of likely N-dealkylation sites (N-methyl/N-ethyl adjacent to an activating group) is 2. The summed E-state index contributed by atoms with van der Waals surface area (Å²) >= 11 is 0. The fourth-order valence-corrected chi connectivity index (χ4v) is 3.91. The van der Waals surface area contributed by atoms with Crippen LogP contribution in [0.1, 0.15) is 36.6 Å². The Labute approximate surface area is 156 Å². The molecule has 0 aliphatic carbocycles. The summed E-state index contributed by atoms with van der Waals surface area (Å²) in [5.41, 5.74) is 4.94. The lowest BCUT2D eigenvalue weighted by Gasteiger charge is -2.23. The molecule has 142 valence electrons. The van der Waals surface area contributed by atoms with Crippen molar-refractivity contribution in [1.82, 2.24) is 20.1 Å². The molecule has 1 aliphatic rings. The van der Waals surface area contributed by atoms with Gasteiger partial charge >= 0.3 is 0 Å². The SMILES string of the molecule is CCc1[nH]c2ccc(CNC(=O)CCN(C)C3CCN(C)C3)cc2c1C. The summed E-state index contributed by atoms with van der Waals surface area (Å²) in [7, 11) is 4.29. The van der Waals surface area contributed by atoms with E-state index in [1.54, 1.807) is 0 Å². The Morgan fingerprint density at radius 3 is 2.92 bits per heavy atom. The van der Waals surface area contributed by atoms with Gasteiger partial charge in [0.2, 0.25) is 5.91 Å². The zero-order valence-electron chi connectivity index (χ0n) is 16.6. The number of amides is 1. The number of hydrogen-bond acceptors (Lipinski definition) is 3. The lowest BCUT2D eigenvalue weighted by atomic mass is 10.1. The Hall–Kier alpha value is -1.85. The molecule has 1 unspecified atom stereocenters. The van der Waals surface area contributed by atoms with Crippen molar-refractivity contribution in [2.24, 2.45) is 0 Å². The van der Waals surface area contributed by atoms with Crippen molar-refractivity contribution in [1.29, 1.82) is 0 Å². The minimum atomic E-state index is 0.128. The highest BCUT2D eigenvalue weighted by molar-refractivity contribution is 5.85. The van der Waals surface area contributed by atoms with E-state index < -0.39 is 0 Å². The van der Waals surface area contributed by atoms with Crippen LogP contribution in [-0.2, 0) is 17.8 Å². The number of nitrogens with one attached hydrogen (secondary N) is 2. The first kappa shape index (κ1) is 18.9. The quantitative estimate of drug-likeness (QED) is 0.802. The van der Waals surface area contributed by atoms with E-state index in [0.717, 1.165) is 31.6 Å². The summed E-state index contributed by atoms with van der Waals surface area (Å²) in [6.07, 6.45) is 2.77. The van der Waals surface area contributed by atoms with E-state index in [1.165, 1.54) is 28.6 Å². The van der Waals surface area contributed by atoms with E-state index in [1.807, 2.05) is 0 Å². The van der Waals surface area contributed by atoms with Gasteiger partial charge in [0.05, 0.1) is 0 Å². The van der Waals surface area contributed by atoms with Gasteiger partial charge in [0, 0.05) is 48.7 Å². The van der Waals surface area contributed by atoms with Crippen LogP contribution in [0.25, 0.3) is 10.9 Å². The van der Waals surface area contributed by atoms with Crippen LogP contribution in [0.5, 0.6) is 0 Å². The second kappa shape index (κ2) is 8.23. The van der Waals surface area contributed by atoms with Crippen molar-refractivity contribution in [2.75, 3.05) is 33.7 Å². The number of likely N-dealkylation sites (tertiary alicyclic amines) is 1. The van der Waals surface area contributed by atoms with Crippen molar-refractivity contribution < 1.29 is 4.79 Å². The summed E-state index contributed by atoms with van der Waals surface area (Å²) in [6, 6.07) is 6.99. The molecule has 1 atom stereocenters.